The number of nitrogens with zero attached hydrogens (tertiary/aromatic N) is 1. The number of piperidine rings is 1. The quantitative estimate of drug-likeness (QED) is 0.896. The van der Waals surface area contributed by atoms with Crippen molar-refractivity contribution in [2.75, 3.05) is 11.4 Å². The van der Waals surface area contributed by atoms with E-state index in [0.717, 1.165) is 24.2 Å². The monoisotopic (exact) mass is 278 g/mol. The number of nitrogens with one attached hydrogen (secondary N) is 1. The molecule has 19 heavy (non-hydrogen) atoms. The third-order valence-electron chi connectivity index (χ3n) is 4.32. The van der Waals surface area contributed by atoms with Gasteiger partial charge in [-0.3, -0.25) is 0 Å². The van der Waals surface area contributed by atoms with Crippen molar-refractivity contribution >= 4 is 17.3 Å². The second-order valence-corrected chi connectivity index (χ2v) is 6.35. The van der Waals surface area contributed by atoms with Gasteiger partial charge in [-0.2, -0.15) is 0 Å². The van der Waals surface area contributed by atoms with Gasteiger partial charge in [0.15, 0.2) is 0 Å². The predicted octanol–water partition coefficient (Wildman–Crippen LogP) is 3.97. The SMILES string of the molecule is CC1CCCCN1c1c(Cl)cccc1CNC1CC1. The molecule has 1 aliphatic heterocycles. The third kappa shape index (κ3) is 3.06. The zero-order valence-electron chi connectivity index (χ0n) is 11.7. The van der Waals surface area contributed by atoms with E-state index in [9.17, 15) is 0 Å². The normalized spacial score (nSPS) is 23.7. The van der Waals surface area contributed by atoms with Crippen LogP contribution >= 0.6 is 11.6 Å². The van der Waals surface area contributed by atoms with Crippen molar-refractivity contribution < 1.29 is 0 Å². The first-order valence-corrected chi connectivity index (χ1v) is 7.91. The lowest BCUT2D eigenvalue weighted by Gasteiger charge is -2.37. The summed E-state index contributed by atoms with van der Waals surface area (Å²) in [4.78, 5) is 2.51. The summed E-state index contributed by atoms with van der Waals surface area (Å²) in [6, 6.07) is 7.67. The van der Waals surface area contributed by atoms with Crippen LogP contribution in [0.2, 0.25) is 5.02 Å². The molecule has 104 valence electrons. The lowest BCUT2D eigenvalue weighted by molar-refractivity contribution is 0.483. The highest BCUT2D eigenvalue weighted by molar-refractivity contribution is 6.33. The van der Waals surface area contributed by atoms with Crippen LogP contribution in [-0.4, -0.2) is 18.6 Å². The fourth-order valence-corrected chi connectivity index (χ4v) is 3.30. The zero-order chi connectivity index (χ0) is 13.2. The molecule has 1 aliphatic carbocycles. The number of benzene rings is 1. The van der Waals surface area contributed by atoms with Gasteiger partial charge in [-0.05, 0) is 50.7 Å². The molecular weight excluding hydrogens is 256 g/mol. The number of rotatable bonds is 4. The second kappa shape index (κ2) is 5.72. The molecule has 1 heterocycles. The minimum absolute atomic E-state index is 0.605. The summed E-state index contributed by atoms with van der Waals surface area (Å²) in [6.07, 6.45) is 6.57. The maximum atomic E-state index is 6.49. The first kappa shape index (κ1) is 13.3. The summed E-state index contributed by atoms with van der Waals surface area (Å²) in [5.74, 6) is 0. The van der Waals surface area contributed by atoms with E-state index < -0.39 is 0 Å². The molecule has 1 aromatic carbocycles. The molecule has 2 aliphatic rings. The van der Waals surface area contributed by atoms with Gasteiger partial charge in [-0.25, -0.2) is 0 Å². The van der Waals surface area contributed by atoms with Crippen molar-refractivity contribution in [3.63, 3.8) is 0 Å². The van der Waals surface area contributed by atoms with Gasteiger partial charge in [0.25, 0.3) is 0 Å². The van der Waals surface area contributed by atoms with Gasteiger partial charge in [0.2, 0.25) is 0 Å². The number of hydrogen-bond acceptors (Lipinski definition) is 2. The van der Waals surface area contributed by atoms with Crippen LogP contribution in [0.25, 0.3) is 0 Å². The average molecular weight is 279 g/mol. The summed E-state index contributed by atoms with van der Waals surface area (Å²) >= 11 is 6.49. The van der Waals surface area contributed by atoms with E-state index in [0.29, 0.717) is 6.04 Å². The van der Waals surface area contributed by atoms with E-state index in [1.54, 1.807) is 0 Å². The average Bonchev–Trinajstić information content (AvgIpc) is 3.22. The molecule has 0 amide bonds. The van der Waals surface area contributed by atoms with Crippen molar-refractivity contribution in [1.82, 2.24) is 5.32 Å². The van der Waals surface area contributed by atoms with Crippen molar-refractivity contribution in [2.45, 2.75) is 57.7 Å². The Bertz CT molecular complexity index is 442. The van der Waals surface area contributed by atoms with Crippen LogP contribution in [0, 0.1) is 0 Å². The van der Waals surface area contributed by atoms with Crippen molar-refractivity contribution in [3.8, 4) is 0 Å². The summed E-state index contributed by atoms with van der Waals surface area (Å²) in [6.45, 7) is 4.41. The van der Waals surface area contributed by atoms with Crippen LogP contribution in [0.3, 0.4) is 0 Å². The molecule has 1 N–H and O–H groups in total. The molecule has 1 saturated carbocycles. The van der Waals surface area contributed by atoms with Gasteiger partial charge in [0.05, 0.1) is 10.7 Å². The van der Waals surface area contributed by atoms with E-state index in [4.69, 9.17) is 11.6 Å². The second-order valence-electron chi connectivity index (χ2n) is 5.94. The zero-order valence-corrected chi connectivity index (χ0v) is 12.4. The molecule has 3 rings (SSSR count). The Labute approximate surface area is 121 Å². The molecule has 2 fully saturated rings. The van der Waals surface area contributed by atoms with Crippen LogP contribution < -0.4 is 10.2 Å². The molecule has 0 spiro atoms. The number of hydrogen-bond donors (Lipinski definition) is 1. The Morgan fingerprint density at radius 2 is 2.11 bits per heavy atom. The van der Waals surface area contributed by atoms with E-state index in [2.05, 4.69) is 29.3 Å². The Hall–Kier alpha value is -0.730. The van der Waals surface area contributed by atoms with E-state index in [-0.39, 0.29) is 0 Å². The maximum absolute atomic E-state index is 6.49. The Morgan fingerprint density at radius 3 is 2.84 bits per heavy atom. The van der Waals surface area contributed by atoms with Crippen molar-refractivity contribution in [1.29, 1.82) is 0 Å². The molecule has 1 unspecified atom stereocenters. The Morgan fingerprint density at radius 1 is 1.26 bits per heavy atom. The van der Waals surface area contributed by atoms with Crippen LogP contribution in [0.1, 0.15) is 44.6 Å². The number of para-hydroxylation sites is 1. The number of anilines is 1. The van der Waals surface area contributed by atoms with Crippen LogP contribution in [0.5, 0.6) is 0 Å². The van der Waals surface area contributed by atoms with Gasteiger partial charge in [0, 0.05) is 25.2 Å². The predicted molar refractivity (Wildman–Crippen MR) is 82.0 cm³/mol. The molecule has 0 aromatic heterocycles. The van der Waals surface area contributed by atoms with E-state index in [1.807, 2.05) is 6.07 Å². The lowest BCUT2D eigenvalue weighted by atomic mass is 10.0. The van der Waals surface area contributed by atoms with Crippen molar-refractivity contribution in [2.24, 2.45) is 0 Å². The minimum atomic E-state index is 0.605. The van der Waals surface area contributed by atoms with Gasteiger partial charge in [-0.1, -0.05) is 23.7 Å². The van der Waals surface area contributed by atoms with E-state index in [1.165, 1.54) is 43.4 Å². The van der Waals surface area contributed by atoms with E-state index >= 15 is 0 Å². The van der Waals surface area contributed by atoms with Gasteiger partial charge < -0.3 is 10.2 Å². The minimum Gasteiger partial charge on any atom is -0.367 e. The largest absolute Gasteiger partial charge is 0.367 e. The first-order chi connectivity index (χ1) is 9.25. The first-order valence-electron chi connectivity index (χ1n) is 7.53. The number of halogens is 1. The highest BCUT2D eigenvalue weighted by Crippen LogP contribution is 2.34. The summed E-state index contributed by atoms with van der Waals surface area (Å²) in [5.41, 5.74) is 2.62. The van der Waals surface area contributed by atoms with Gasteiger partial charge >= 0.3 is 0 Å². The van der Waals surface area contributed by atoms with Crippen LogP contribution in [0.15, 0.2) is 18.2 Å². The smallest absolute Gasteiger partial charge is 0.0643 e. The molecule has 3 heteroatoms. The standard InChI is InChI=1S/C16H23ClN2/c1-12-5-2-3-10-19(12)16-13(6-4-7-15(16)17)11-18-14-8-9-14/h4,6-7,12,14,18H,2-3,5,8-11H2,1H3. The Balaban J connectivity index is 1.83. The van der Waals surface area contributed by atoms with Crippen LogP contribution in [-0.2, 0) is 6.54 Å². The summed E-state index contributed by atoms with van der Waals surface area (Å²) in [5, 5.41) is 4.52. The lowest BCUT2D eigenvalue weighted by Crippen LogP contribution is -2.38. The van der Waals surface area contributed by atoms with Crippen molar-refractivity contribution in [3.05, 3.63) is 28.8 Å². The molecular formula is C16H23ClN2. The highest BCUT2D eigenvalue weighted by Gasteiger charge is 2.24. The fraction of sp³-hybridized carbons (Fsp3) is 0.625. The summed E-state index contributed by atoms with van der Waals surface area (Å²) in [7, 11) is 0. The summed E-state index contributed by atoms with van der Waals surface area (Å²) < 4.78 is 0. The van der Waals surface area contributed by atoms with Gasteiger partial charge in [-0.15, -0.1) is 0 Å². The molecule has 1 saturated heterocycles. The Kier molecular flexibility index (Phi) is 3.99. The third-order valence-corrected chi connectivity index (χ3v) is 4.62. The molecule has 1 atom stereocenters. The molecule has 0 bridgehead atoms. The molecule has 2 nitrogen and oxygen atoms in total. The fourth-order valence-electron chi connectivity index (χ4n) is 3.00. The maximum Gasteiger partial charge on any atom is 0.0643 e. The highest BCUT2D eigenvalue weighted by atomic mass is 35.5. The van der Waals surface area contributed by atoms with Crippen LogP contribution in [0.4, 0.5) is 5.69 Å². The van der Waals surface area contributed by atoms with Gasteiger partial charge in [0.1, 0.15) is 0 Å². The topological polar surface area (TPSA) is 15.3 Å². The molecule has 0 radical (unpaired) electrons. The molecule has 1 aromatic rings.